The van der Waals surface area contributed by atoms with Gasteiger partial charge >= 0.3 is 0 Å². The molecule has 2 bridgehead atoms. The SMILES string of the molecule is Cc1ncc(N)cc1-c1cnc(OC2CCOCC2)c(N2C3CCC2COC3)c1. The standard InChI is InChI=1S/C22H28N4O3/c1-14-20(9-16(23)11-24-14)15-8-21(26-17-2-3-18(26)13-28-12-17)22(25-10-15)29-19-4-6-27-7-5-19/h8-11,17-19H,2-7,12-13,23H2,1H3. The van der Waals surface area contributed by atoms with E-state index < -0.39 is 0 Å². The number of pyridine rings is 2. The van der Waals surface area contributed by atoms with E-state index in [1.54, 1.807) is 6.20 Å². The normalized spacial score (nSPS) is 24.7. The van der Waals surface area contributed by atoms with Crippen molar-refractivity contribution in [3.63, 3.8) is 0 Å². The fourth-order valence-corrected chi connectivity index (χ4v) is 4.68. The zero-order valence-electron chi connectivity index (χ0n) is 16.8. The minimum Gasteiger partial charge on any atom is -0.473 e. The number of rotatable bonds is 4. The molecule has 2 atom stereocenters. The van der Waals surface area contributed by atoms with Gasteiger partial charge in [0, 0.05) is 35.9 Å². The van der Waals surface area contributed by atoms with E-state index in [1.807, 2.05) is 19.2 Å². The number of nitrogens with zero attached hydrogens (tertiary/aromatic N) is 3. The Labute approximate surface area is 171 Å². The van der Waals surface area contributed by atoms with Gasteiger partial charge < -0.3 is 24.8 Å². The predicted octanol–water partition coefficient (Wildman–Crippen LogP) is 2.96. The summed E-state index contributed by atoms with van der Waals surface area (Å²) in [4.78, 5) is 11.7. The lowest BCUT2D eigenvalue weighted by atomic mass is 10.0. The Kier molecular flexibility index (Phi) is 5.01. The molecule has 7 heteroatoms. The maximum Gasteiger partial charge on any atom is 0.237 e. The molecule has 3 aliphatic heterocycles. The summed E-state index contributed by atoms with van der Waals surface area (Å²) in [7, 11) is 0. The molecule has 0 aliphatic carbocycles. The van der Waals surface area contributed by atoms with Crippen molar-refractivity contribution >= 4 is 11.4 Å². The summed E-state index contributed by atoms with van der Waals surface area (Å²) < 4.78 is 17.7. The average Bonchev–Trinajstić information content (AvgIpc) is 2.98. The van der Waals surface area contributed by atoms with Crippen molar-refractivity contribution in [3.05, 3.63) is 30.2 Å². The fraction of sp³-hybridized carbons (Fsp3) is 0.545. The molecule has 0 aromatic carbocycles. The summed E-state index contributed by atoms with van der Waals surface area (Å²) in [5.41, 5.74) is 10.7. The number of nitrogen functional groups attached to an aromatic ring is 1. The Hall–Kier alpha value is -2.38. The van der Waals surface area contributed by atoms with Gasteiger partial charge in [-0.1, -0.05) is 0 Å². The molecule has 0 radical (unpaired) electrons. The van der Waals surface area contributed by atoms with Crippen LogP contribution in [0, 0.1) is 6.92 Å². The van der Waals surface area contributed by atoms with Gasteiger partial charge in [-0.2, -0.15) is 0 Å². The number of anilines is 2. The van der Waals surface area contributed by atoms with Crippen LogP contribution in [0.15, 0.2) is 24.5 Å². The third-order valence-electron chi connectivity index (χ3n) is 6.22. The van der Waals surface area contributed by atoms with Crippen molar-refractivity contribution in [2.75, 3.05) is 37.1 Å². The van der Waals surface area contributed by atoms with Gasteiger partial charge in [0.15, 0.2) is 0 Å². The van der Waals surface area contributed by atoms with E-state index in [9.17, 15) is 0 Å². The Balaban J connectivity index is 1.55. The summed E-state index contributed by atoms with van der Waals surface area (Å²) in [5, 5.41) is 0. The molecule has 2 unspecified atom stereocenters. The van der Waals surface area contributed by atoms with Crippen LogP contribution in [0.25, 0.3) is 11.1 Å². The van der Waals surface area contributed by atoms with E-state index in [4.69, 9.17) is 24.9 Å². The van der Waals surface area contributed by atoms with Crippen LogP contribution in [-0.2, 0) is 9.47 Å². The second-order valence-corrected chi connectivity index (χ2v) is 8.21. The largest absolute Gasteiger partial charge is 0.473 e. The Morgan fingerprint density at radius 2 is 1.76 bits per heavy atom. The lowest BCUT2D eigenvalue weighted by Gasteiger charge is -2.37. The monoisotopic (exact) mass is 396 g/mol. The van der Waals surface area contributed by atoms with Gasteiger partial charge in [0.2, 0.25) is 5.88 Å². The summed E-state index contributed by atoms with van der Waals surface area (Å²) in [6.07, 6.45) is 7.81. The van der Waals surface area contributed by atoms with Crippen LogP contribution in [0.2, 0.25) is 0 Å². The summed E-state index contributed by atoms with van der Waals surface area (Å²) in [6.45, 7) is 5.01. The van der Waals surface area contributed by atoms with E-state index in [2.05, 4.69) is 16.0 Å². The van der Waals surface area contributed by atoms with E-state index in [0.717, 1.165) is 74.6 Å². The van der Waals surface area contributed by atoms with Gasteiger partial charge in [-0.3, -0.25) is 4.98 Å². The van der Waals surface area contributed by atoms with Gasteiger partial charge in [-0.15, -0.1) is 0 Å². The minimum atomic E-state index is 0.148. The summed E-state index contributed by atoms with van der Waals surface area (Å²) in [6, 6.07) is 4.92. The first-order valence-electron chi connectivity index (χ1n) is 10.5. The number of ether oxygens (including phenoxy) is 3. The zero-order chi connectivity index (χ0) is 19.8. The lowest BCUT2D eigenvalue weighted by molar-refractivity contribution is 0.0236. The van der Waals surface area contributed by atoms with Gasteiger partial charge in [0.1, 0.15) is 11.8 Å². The number of nitrogens with two attached hydrogens (primary N) is 1. The first-order valence-corrected chi connectivity index (χ1v) is 10.5. The van der Waals surface area contributed by atoms with Gasteiger partial charge in [-0.05, 0) is 31.9 Å². The lowest BCUT2D eigenvalue weighted by Crippen LogP contribution is -2.46. The molecule has 2 N–H and O–H groups in total. The van der Waals surface area contributed by atoms with E-state index in [-0.39, 0.29) is 6.10 Å². The van der Waals surface area contributed by atoms with Crippen molar-refractivity contribution in [1.29, 1.82) is 0 Å². The third-order valence-corrected chi connectivity index (χ3v) is 6.22. The molecule has 0 saturated carbocycles. The van der Waals surface area contributed by atoms with Crippen molar-refractivity contribution in [3.8, 4) is 17.0 Å². The van der Waals surface area contributed by atoms with Crippen LogP contribution in [0.3, 0.4) is 0 Å². The zero-order valence-corrected chi connectivity index (χ0v) is 16.8. The van der Waals surface area contributed by atoms with Crippen LogP contribution >= 0.6 is 0 Å². The maximum absolute atomic E-state index is 6.40. The Bertz CT molecular complexity index is 868. The van der Waals surface area contributed by atoms with Crippen LogP contribution in [-0.4, -0.2) is 54.6 Å². The van der Waals surface area contributed by atoms with Crippen LogP contribution in [0.1, 0.15) is 31.4 Å². The number of hydrogen-bond donors (Lipinski definition) is 1. The molecule has 2 aromatic rings. The fourth-order valence-electron chi connectivity index (χ4n) is 4.68. The summed E-state index contributed by atoms with van der Waals surface area (Å²) in [5.74, 6) is 0.717. The minimum absolute atomic E-state index is 0.148. The molecular weight excluding hydrogens is 368 g/mol. The highest BCUT2D eigenvalue weighted by Crippen LogP contribution is 2.41. The second kappa shape index (κ2) is 7.80. The molecule has 3 fully saturated rings. The Morgan fingerprint density at radius 1 is 1.00 bits per heavy atom. The number of aryl methyl sites for hydroxylation is 1. The molecule has 5 rings (SSSR count). The first kappa shape index (κ1) is 18.6. The van der Waals surface area contributed by atoms with Gasteiger partial charge in [0.25, 0.3) is 0 Å². The van der Waals surface area contributed by atoms with Crippen molar-refractivity contribution in [1.82, 2.24) is 9.97 Å². The van der Waals surface area contributed by atoms with E-state index in [0.29, 0.717) is 23.7 Å². The maximum atomic E-state index is 6.40. The number of fused-ring (bicyclic) bond motifs is 2. The van der Waals surface area contributed by atoms with Crippen LogP contribution < -0.4 is 15.4 Å². The molecule has 3 aliphatic rings. The molecular formula is C22H28N4O3. The molecule has 7 nitrogen and oxygen atoms in total. The number of aromatic nitrogens is 2. The first-order chi connectivity index (χ1) is 14.2. The highest BCUT2D eigenvalue weighted by atomic mass is 16.5. The highest BCUT2D eigenvalue weighted by molar-refractivity contribution is 5.74. The molecule has 154 valence electrons. The predicted molar refractivity (Wildman–Crippen MR) is 111 cm³/mol. The smallest absolute Gasteiger partial charge is 0.237 e. The molecule has 29 heavy (non-hydrogen) atoms. The van der Waals surface area contributed by atoms with Crippen molar-refractivity contribution in [2.45, 2.75) is 50.8 Å². The number of morpholine rings is 1. The molecule has 5 heterocycles. The quantitative estimate of drug-likeness (QED) is 0.851. The van der Waals surface area contributed by atoms with Gasteiger partial charge in [-0.25, -0.2) is 4.98 Å². The molecule has 3 saturated heterocycles. The van der Waals surface area contributed by atoms with E-state index in [1.165, 1.54) is 0 Å². The second-order valence-electron chi connectivity index (χ2n) is 8.21. The average molecular weight is 396 g/mol. The number of hydrogen-bond acceptors (Lipinski definition) is 7. The van der Waals surface area contributed by atoms with Crippen molar-refractivity contribution in [2.24, 2.45) is 0 Å². The third kappa shape index (κ3) is 3.65. The van der Waals surface area contributed by atoms with Gasteiger partial charge in [0.05, 0.1) is 50.4 Å². The summed E-state index contributed by atoms with van der Waals surface area (Å²) >= 11 is 0. The Morgan fingerprint density at radius 3 is 2.52 bits per heavy atom. The van der Waals surface area contributed by atoms with Crippen molar-refractivity contribution < 1.29 is 14.2 Å². The van der Waals surface area contributed by atoms with Crippen LogP contribution in [0.5, 0.6) is 5.88 Å². The molecule has 0 amide bonds. The molecule has 2 aromatic heterocycles. The van der Waals surface area contributed by atoms with Crippen LogP contribution in [0.4, 0.5) is 11.4 Å². The highest BCUT2D eigenvalue weighted by Gasteiger charge is 2.39. The molecule has 0 spiro atoms. The topological polar surface area (TPSA) is 82.7 Å². The van der Waals surface area contributed by atoms with E-state index >= 15 is 0 Å².